The largest absolute Gasteiger partial charge is 0.396 e. The zero-order chi connectivity index (χ0) is 13.6. The first-order valence-corrected chi connectivity index (χ1v) is 8.30. The van der Waals surface area contributed by atoms with Crippen LogP contribution in [0.1, 0.15) is 25.7 Å². The molecule has 0 saturated carbocycles. The van der Waals surface area contributed by atoms with Gasteiger partial charge in [0.2, 0.25) is 10.0 Å². The van der Waals surface area contributed by atoms with Crippen LogP contribution < -0.4 is 0 Å². The molecule has 0 atom stereocenters. The number of hydrogen-bond donors (Lipinski definition) is 1. The van der Waals surface area contributed by atoms with Gasteiger partial charge in [-0.15, -0.1) is 0 Å². The van der Waals surface area contributed by atoms with E-state index in [2.05, 4.69) is 11.9 Å². The lowest BCUT2D eigenvalue weighted by Gasteiger charge is -2.31. The minimum absolute atomic E-state index is 0.0637. The van der Waals surface area contributed by atoms with Crippen molar-refractivity contribution in [3.63, 3.8) is 0 Å². The molecule has 0 radical (unpaired) electrons. The molecule has 6 heteroatoms. The standard InChI is InChI=1S/C12H26N2O3S/c1-13-7-5-12(6-8-13)11-14(2)18(16,17)10-4-3-9-15/h12,15H,3-11H2,1-2H3. The lowest BCUT2D eigenvalue weighted by molar-refractivity contribution is 0.202. The van der Waals surface area contributed by atoms with Gasteiger partial charge in [-0.2, -0.15) is 0 Å². The van der Waals surface area contributed by atoms with Gasteiger partial charge in [-0.25, -0.2) is 12.7 Å². The number of hydrogen-bond acceptors (Lipinski definition) is 4. The molecule has 18 heavy (non-hydrogen) atoms. The predicted molar refractivity (Wildman–Crippen MR) is 73.0 cm³/mol. The van der Waals surface area contributed by atoms with Crippen molar-refractivity contribution in [2.75, 3.05) is 46.1 Å². The molecule has 1 rings (SSSR count). The van der Waals surface area contributed by atoms with Gasteiger partial charge < -0.3 is 10.0 Å². The normalized spacial score (nSPS) is 19.6. The molecule has 1 N–H and O–H groups in total. The van der Waals surface area contributed by atoms with Crippen molar-refractivity contribution in [3.05, 3.63) is 0 Å². The number of unbranched alkanes of at least 4 members (excludes halogenated alkanes) is 1. The number of piperidine rings is 1. The Morgan fingerprint density at radius 3 is 2.44 bits per heavy atom. The Labute approximate surface area is 111 Å². The molecule has 1 saturated heterocycles. The Morgan fingerprint density at radius 1 is 1.28 bits per heavy atom. The van der Waals surface area contributed by atoms with E-state index in [0.717, 1.165) is 25.9 Å². The third-order valence-corrected chi connectivity index (χ3v) is 5.54. The Hall–Kier alpha value is -0.170. The number of likely N-dealkylation sites (tertiary alicyclic amines) is 1. The molecular weight excluding hydrogens is 252 g/mol. The molecule has 0 aromatic heterocycles. The Morgan fingerprint density at radius 2 is 1.89 bits per heavy atom. The van der Waals surface area contributed by atoms with Crippen LogP contribution in [0.2, 0.25) is 0 Å². The van der Waals surface area contributed by atoms with E-state index < -0.39 is 10.0 Å². The first-order chi connectivity index (χ1) is 8.45. The van der Waals surface area contributed by atoms with Gasteiger partial charge in [-0.1, -0.05) is 0 Å². The van der Waals surface area contributed by atoms with Gasteiger partial charge in [-0.3, -0.25) is 0 Å². The monoisotopic (exact) mass is 278 g/mol. The highest BCUT2D eigenvalue weighted by Gasteiger charge is 2.23. The summed E-state index contributed by atoms with van der Waals surface area (Å²) in [6.07, 6.45) is 3.25. The molecule has 0 aliphatic carbocycles. The highest BCUT2D eigenvalue weighted by Crippen LogP contribution is 2.18. The van der Waals surface area contributed by atoms with Gasteiger partial charge in [-0.05, 0) is 51.7 Å². The topological polar surface area (TPSA) is 60.9 Å². The number of nitrogens with zero attached hydrogens (tertiary/aromatic N) is 2. The van der Waals surface area contributed by atoms with Crippen LogP contribution in [0.15, 0.2) is 0 Å². The third kappa shape index (κ3) is 5.22. The quantitative estimate of drug-likeness (QED) is 0.683. The predicted octanol–water partition coefficient (Wildman–Crippen LogP) is 0.362. The lowest BCUT2D eigenvalue weighted by atomic mass is 9.97. The van der Waals surface area contributed by atoms with E-state index in [-0.39, 0.29) is 12.4 Å². The fourth-order valence-electron chi connectivity index (χ4n) is 2.27. The van der Waals surface area contributed by atoms with Gasteiger partial charge in [0, 0.05) is 20.2 Å². The molecule has 0 bridgehead atoms. The first kappa shape index (κ1) is 15.9. The summed E-state index contributed by atoms with van der Waals surface area (Å²) in [4.78, 5) is 2.28. The molecule has 0 unspecified atom stereocenters. The van der Waals surface area contributed by atoms with E-state index in [1.807, 2.05) is 0 Å². The molecule has 1 fully saturated rings. The third-order valence-electron chi connectivity index (χ3n) is 3.64. The lowest BCUT2D eigenvalue weighted by Crippen LogP contribution is -2.38. The Bertz CT molecular complexity index is 324. The number of aliphatic hydroxyl groups excluding tert-OH is 1. The average molecular weight is 278 g/mol. The van der Waals surface area contributed by atoms with Gasteiger partial charge in [0.1, 0.15) is 0 Å². The van der Waals surface area contributed by atoms with Crippen molar-refractivity contribution in [2.45, 2.75) is 25.7 Å². The van der Waals surface area contributed by atoms with Crippen molar-refractivity contribution in [1.29, 1.82) is 0 Å². The molecule has 1 aliphatic heterocycles. The Balaban J connectivity index is 2.36. The fourth-order valence-corrected chi connectivity index (χ4v) is 3.59. The number of aliphatic hydroxyl groups is 1. The van der Waals surface area contributed by atoms with Gasteiger partial charge in [0.05, 0.1) is 5.75 Å². The minimum Gasteiger partial charge on any atom is -0.396 e. The SMILES string of the molecule is CN1CCC(CN(C)S(=O)(=O)CCCCO)CC1. The van der Waals surface area contributed by atoms with E-state index in [4.69, 9.17) is 5.11 Å². The second-order valence-electron chi connectivity index (χ2n) is 5.27. The minimum atomic E-state index is -3.14. The molecule has 1 aliphatic rings. The molecule has 0 aromatic rings. The van der Waals surface area contributed by atoms with Crippen LogP contribution in [0.4, 0.5) is 0 Å². The van der Waals surface area contributed by atoms with Crippen molar-refractivity contribution in [2.24, 2.45) is 5.92 Å². The maximum absolute atomic E-state index is 12.0. The van der Waals surface area contributed by atoms with Crippen molar-refractivity contribution < 1.29 is 13.5 Å². The molecule has 1 heterocycles. The average Bonchev–Trinajstić information content (AvgIpc) is 2.32. The highest BCUT2D eigenvalue weighted by atomic mass is 32.2. The summed E-state index contributed by atoms with van der Waals surface area (Å²) >= 11 is 0. The number of sulfonamides is 1. The van der Waals surface area contributed by atoms with Crippen molar-refractivity contribution in [3.8, 4) is 0 Å². The van der Waals surface area contributed by atoms with Crippen LogP contribution in [-0.4, -0.2) is 68.8 Å². The van der Waals surface area contributed by atoms with Crippen molar-refractivity contribution >= 4 is 10.0 Å². The molecule has 0 aromatic carbocycles. The first-order valence-electron chi connectivity index (χ1n) is 6.69. The molecule has 108 valence electrons. The van der Waals surface area contributed by atoms with Crippen LogP contribution in [0, 0.1) is 5.92 Å². The van der Waals surface area contributed by atoms with Crippen LogP contribution in [-0.2, 0) is 10.0 Å². The van der Waals surface area contributed by atoms with Crippen LogP contribution >= 0.6 is 0 Å². The van der Waals surface area contributed by atoms with Crippen molar-refractivity contribution in [1.82, 2.24) is 9.21 Å². The second-order valence-corrected chi connectivity index (χ2v) is 7.47. The Kier molecular flexibility index (Phi) is 6.55. The number of rotatable bonds is 7. The van der Waals surface area contributed by atoms with Crippen LogP contribution in [0.25, 0.3) is 0 Å². The maximum atomic E-state index is 12.0. The second kappa shape index (κ2) is 7.43. The molecule has 0 spiro atoms. The molecule has 0 amide bonds. The summed E-state index contributed by atoms with van der Waals surface area (Å²) in [6.45, 7) is 2.82. The molecular formula is C12H26N2O3S. The van der Waals surface area contributed by atoms with Crippen LogP contribution in [0.5, 0.6) is 0 Å². The smallest absolute Gasteiger partial charge is 0.213 e. The van der Waals surface area contributed by atoms with E-state index >= 15 is 0 Å². The van der Waals surface area contributed by atoms with Crippen LogP contribution in [0.3, 0.4) is 0 Å². The van der Waals surface area contributed by atoms with E-state index in [9.17, 15) is 8.42 Å². The maximum Gasteiger partial charge on any atom is 0.213 e. The van der Waals surface area contributed by atoms with Gasteiger partial charge in [0.25, 0.3) is 0 Å². The fraction of sp³-hybridized carbons (Fsp3) is 1.00. The van der Waals surface area contributed by atoms with E-state index in [1.54, 1.807) is 7.05 Å². The van der Waals surface area contributed by atoms with E-state index in [1.165, 1.54) is 4.31 Å². The van der Waals surface area contributed by atoms with E-state index in [0.29, 0.717) is 25.3 Å². The molecule has 5 nitrogen and oxygen atoms in total. The summed E-state index contributed by atoms with van der Waals surface area (Å²) in [5.41, 5.74) is 0. The summed E-state index contributed by atoms with van der Waals surface area (Å²) in [7, 11) is 0.639. The summed E-state index contributed by atoms with van der Waals surface area (Å²) in [5.74, 6) is 0.635. The van der Waals surface area contributed by atoms with Gasteiger partial charge in [0.15, 0.2) is 0 Å². The zero-order valence-electron chi connectivity index (χ0n) is 11.5. The summed E-state index contributed by atoms with van der Waals surface area (Å²) < 4.78 is 25.5. The highest BCUT2D eigenvalue weighted by molar-refractivity contribution is 7.89. The van der Waals surface area contributed by atoms with Gasteiger partial charge >= 0.3 is 0 Å². The zero-order valence-corrected chi connectivity index (χ0v) is 12.3. The summed E-state index contributed by atoms with van der Waals surface area (Å²) in [5, 5.41) is 8.67. The summed E-state index contributed by atoms with van der Waals surface area (Å²) in [6, 6.07) is 0.